The van der Waals surface area contributed by atoms with Gasteiger partial charge in [0.15, 0.2) is 6.67 Å². The molecule has 0 bridgehead atoms. The molecule has 2 heterocycles. The first-order valence-corrected chi connectivity index (χ1v) is 10.4. The summed E-state index contributed by atoms with van der Waals surface area (Å²) in [4.78, 5) is 3.91. The number of aromatic nitrogens is 3. The van der Waals surface area contributed by atoms with E-state index >= 15 is 0 Å². The molecule has 1 aliphatic heterocycles. The lowest BCUT2D eigenvalue weighted by atomic mass is 10.1. The van der Waals surface area contributed by atoms with Crippen molar-refractivity contribution in [3.63, 3.8) is 0 Å². The van der Waals surface area contributed by atoms with Gasteiger partial charge in [0.05, 0.1) is 31.9 Å². The lowest BCUT2D eigenvalue weighted by Gasteiger charge is -2.34. The van der Waals surface area contributed by atoms with Crippen LogP contribution in [0.5, 0.6) is 0 Å². The Kier molecular flexibility index (Phi) is 5.53. The molecule has 4 rings (SSSR count). The molecule has 28 heavy (non-hydrogen) atoms. The van der Waals surface area contributed by atoms with E-state index in [9.17, 15) is 0 Å². The number of anilines is 1. The summed E-state index contributed by atoms with van der Waals surface area (Å²) in [7, 11) is 0. The van der Waals surface area contributed by atoms with Crippen LogP contribution in [-0.2, 0) is 6.67 Å². The minimum atomic E-state index is 0.745. The van der Waals surface area contributed by atoms with E-state index in [1.54, 1.807) is 0 Å². The average molecular weight is 415 g/mol. The maximum Gasteiger partial charge on any atom is 0.207 e. The van der Waals surface area contributed by atoms with Crippen LogP contribution in [0, 0.1) is 18.6 Å². The number of hydrogen-bond acceptors (Lipinski definition) is 3. The Morgan fingerprint density at radius 1 is 1.04 bits per heavy atom. The van der Waals surface area contributed by atoms with E-state index in [1.807, 2.05) is 33.8 Å². The van der Waals surface area contributed by atoms with Crippen molar-refractivity contribution >= 4 is 29.5 Å². The number of nitrogens with zero attached hydrogens (tertiary/aromatic N) is 4. The van der Waals surface area contributed by atoms with Gasteiger partial charge in [-0.2, -0.15) is 9.78 Å². The van der Waals surface area contributed by atoms with E-state index < -0.39 is 0 Å². The monoisotopic (exact) mass is 414 g/mol. The van der Waals surface area contributed by atoms with E-state index in [2.05, 4.69) is 48.1 Å². The maximum atomic E-state index is 6.20. The Balaban J connectivity index is 1.44. The lowest BCUT2D eigenvalue weighted by molar-refractivity contribution is -0.924. The van der Waals surface area contributed by atoms with Gasteiger partial charge < -0.3 is 9.80 Å². The van der Waals surface area contributed by atoms with Gasteiger partial charge in [-0.05, 0) is 55.4 Å². The van der Waals surface area contributed by atoms with Gasteiger partial charge in [-0.15, -0.1) is 0 Å². The minimum Gasteiger partial charge on any atom is -0.360 e. The number of quaternary nitrogens is 1. The number of rotatable bonds is 4. The molecule has 0 unspecified atom stereocenters. The Morgan fingerprint density at radius 2 is 1.75 bits per heavy atom. The summed E-state index contributed by atoms with van der Waals surface area (Å²) in [6.07, 6.45) is 1.83. The molecule has 5 nitrogen and oxygen atoms in total. The van der Waals surface area contributed by atoms with Gasteiger partial charge in [-0.1, -0.05) is 35.9 Å². The second-order valence-corrected chi connectivity index (χ2v) is 8.20. The Morgan fingerprint density at radius 3 is 2.50 bits per heavy atom. The predicted molar refractivity (Wildman–Crippen MR) is 116 cm³/mol. The third-order valence-electron chi connectivity index (χ3n) is 5.46. The number of aryl methyl sites for hydroxylation is 2. The van der Waals surface area contributed by atoms with Gasteiger partial charge in [-0.3, -0.25) is 4.57 Å². The number of para-hydroxylation sites is 1. The SMILES string of the molecule is Cc1ccc(Cl)cc1N1CC[NH+](Cn2ncn(-c3ccccc3C)c2=S)CC1. The van der Waals surface area contributed by atoms with Crippen LogP contribution < -0.4 is 9.80 Å². The van der Waals surface area contributed by atoms with Gasteiger partial charge >= 0.3 is 0 Å². The molecule has 0 amide bonds. The Labute approximate surface area is 175 Å². The molecule has 1 fully saturated rings. The molecular weight excluding hydrogens is 390 g/mol. The molecule has 2 aromatic carbocycles. The summed E-state index contributed by atoms with van der Waals surface area (Å²) in [5.74, 6) is 0. The zero-order chi connectivity index (χ0) is 19.7. The van der Waals surface area contributed by atoms with Crippen LogP contribution in [0.2, 0.25) is 5.02 Å². The molecule has 1 saturated heterocycles. The molecular formula is C21H25ClN5S+. The zero-order valence-electron chi connectivity index (χ0n) is 16.2. The number of hydrogen-bond donors (Lipinski definition) is 1. The highest BCUT2D eigenvalue weighted by Gasteiger charge is 2.22. The smallest absolute Gasteiger partial charge is 0.207 e. The Bertz CT molecular complexity index is 1030. The van der Waals surface area contributed by atoms with Crippen molar-refractivity contribution in [2.75, 3.05) is 31.1 Å². The van der Waals surface area contributed by atoms with Crippen LogP contribution in [0.25, 0.3) is 5.69 Å². The largest absolute Gasteiger partial charge is 0.360 e. The summed E-state index contributed by atoms with van der Waals surface area (Å²) in [6, 6.07) is 14.4. The van der Waals surface area contributed by atoms with Crippen LogP contribution in [0.4, 0.5) is 5.69 Å². The quantitative estimate of drug-likeness (QED) is 0.665. The van der Waals surface area contributed by atoms with Gasteiger partial charge in [-0.25, -0.2) is 0 Å². The van der Waals surface area contributed by atoms with E-state index in [0.29, 0.717) is 0 Å². The highest BCUT2D eigenvalue weighted by molar-refractivity contribution is 7.71. The summed E-state index contributed by atoms with van der Waals surface area (Å²) in [5.41, 5.74) is 4.80. The van der Waals surface area contributed by atoms with Crippen molar-refractivity contribution < 1.29 is 4.90 Å². The second-order valence-electron chi connectivity index (χ2n) is 7.40. The number of halogens is 1. The van der Waals surface area contributed by atoms with Gasteiger partial charge in [0, 0.05) is 10.7 Å². The van der Waals surface area contributed by atoms with Crippen molar-refractivity contribution in [3.05, 3.63) is 69.7 Å². The molecule has 1 aliphatic rings. The van der Waals surface area contributed by atoms with E-state index in [-0.39, 0.29) is 0 Å². The van der Waals surface area contributed by atoms with Gasteiger partial charge in [0.1, 0.15) is 6.33 Å². The van der Waals surface area contributed by atoms with Crippen LogP contribution in [-0.4, -0.2) is 40.5 Å². The van der Waals surface area contributed by atoms with E-state index in [0.717, 1.165) is 48.3 Å². The van der Waals surface area contributed by atoms with Gasteiger partial charge in [0.2, 0.25) is 4.77 Å². The minimum absolute atomic E-state index is 0.745. The summed E-state index contributed by atoms with van der Waals surface area (Å²) in [5, 5.41) is 5.35. The van der Waals surface area contributed by atoms with E-state index in [1.165, 1.54) is 21.7 Å². The topological polar surface area (TPSA) is 30.4 Å². The fourth-order valence-electron chi connectivity index (χ4n) is 3.80. The second kappa shape index (κ2) is 8.07. The zero-order valence-corrected chi connectivity index (χ0v) is 17.8. The first-order chi connectivity index (χ1) is 13.5. The van der Waals surface area contributed by atoms with Crippen molar-refractivity contribution in [2.45, 2.75) is 20.5 Å². The standard InChI is InChI=1S/C21H24ClN5S/c1-16-5-3-4-6-19(16)26-14-23-27(21(26)28)15-24-9-11-25(12-10-24)20-13-18(22)8-7-17(20)2/h3-8,13-14H,9-12,15H2,1-2H3/p+1. The van der Waals surface area contributed by atoms with Gasteiger partial charge in [0.25, 0.3) is 0 Å². The molecule has 0 atom stereocenters. The number of piperazine rings is 1. The lowest BCUT2D eigenvalue weighted by Crippen LogP contribution is -3.14. The van der Waals surface area contributed by atoms with E-state index in [4.69, 9.17) is 23.8 Å². The maximum absolute atomic E-state index is 6.20. The molecule has 7 heteroatoms. The number of benzene rings is 2. The van der Waals surface area contributed by atoms with Crippen LogP contribution in [0.1, 0.15) is 11.1 Å². The highest BCUT2D eigenvalue weighted by atomic mass is 35.5. The van der Waals surface area contributed by atoms with Crippen LogP contribution in [0.3, 0.4) is 0 Å². The van der Waals surface area contributed by atoms with Crippen molar-refractivity contribution in [1.29, 1.82) is 0 Å². The fraction of sp³-hybridized carbons (Fsp3) is 0.333. The van der Waals surface area contributed by atoms with Crippen molar-refractivity contribution in [2.24, 2.45) is 0 Å². The molecule has 1 N–H and O–H groups in total. The molecule has 3 aromatic rings. The molecule has 1 aromatic heterocycles. The third kappa shape index (κ3) is 3.85. The molecule has 0 aliphatic carbocycles. The van der Waals surface area contributed by atoms with Crippen molar-refractivity contribution in [1.82, 2.24) is 14.3 Å². The fourth-order valence-corrected chi connectivity index (χ4v) is 4.23. The molecule has 0 radical (unpaired) electrons. The number of nitrogens with one attached hydrogen (secondary N) is 1. The van der Waals surface area contributed by atoms with Crippen LogP contribution >= 0.6 is 23.8 Å². The van der Waals surface area contributed by atoms with Crippen LogP contribution in [0.15, 0.2) is 48.8 Å². The highest BCUT2D eigenvalue weighted by Crippen LogP contribution is 2.24. The first-order valence-electron chi connectivity index (χ1n) is 9.58. The summed E-state index contributed by atoms with van der Waals surface area (Å²) in [6.45, 7) is 9.12. The third-order valence-corrected chi connectivity index (χ3v) is 6.11. The summed E-state index contributed by atoms with van der Waals surface area (Å²) < 4.78 is 4.68. The molecule has 0 saturated carbocycles. The molecule has 146 valence electrons. The first kappa shape index (κ1) is 19.2. The summed E-state index contributed by atoms with van der Waals surface area (Å²) >= 11 is 11.9. The Hall–Kier alpha value is -2.15. The predicted octanol–water partition coefficient (Wildman–Crippen LogP) is 3.04. The normalized spacial score (nSPS) is 15.2. The average Bonchev–Trinajstić information content (AvgIpc) is 3.05. The van der Waals surface area contributed by atoms with Crippen molar-refractivity contribution in [3.8, 4) is 5.69 Å². The molecule has 0 spiro atoms.